The highest BCUT2D eigenvalue weighted by Gasteiger charge is 2.17. The van der Waals surface area contributed by atoms with Gasteiger partial charge in [-0.05, 0) is 207 Å². The van der Waals surface area contributed by atoms with Crippen molar-refractivity contribution in [3.05, 3.63) is 147 Å². The molecule has 5 atom stereocenters. The molecule has 0 heterocycles. The van der Waals surface area contributed by atoms with Gasteiger partial charge in [0.2, 0.25) is 0 Å². The van der Waals surface area contributed by atoms with Crippen LogP contribution in [0.25, 0.3) is 58.2 Å². The van der Waals surface area contributed by atoms with Gasteiger partial charge in [-0.1, -0.05) is 101 Å². The van der Waals surface area contributed by atoms with E-state index in [0.717, 1.165) is 32.1 Å². The molecule has 0 unspecified atom stereocenters. The number of hydrogen-bond donors (Lipinski definition) is 0. The summed E-state index contributed by atoms with van der Waals surface area (Å²) in [6.45, 7) is 23.3. The predicted molar refractivity (Wildman–Crippen MR) is 324 cm³/mol. The molecule has 80 heavy (non-hydrogen) atoms. The van der Waals surface area contributed by atoms with Gasteiger partial charge in [0.1, 0.15) is 28.7 Å². The lowest BCUT2D eigenvalue weighted by molar-refractivity contribution is 0.256. The fourth-order valence-corrected chi connectivity index (χ4v) is 8.24. The first-order valence-electron chi connectivity index (χ1n) is 28.1. The second-order valence-electron chi connectivity index (χ2n) is 21.4. The summed E-state index contributed by atoms with van der Waals surface area (Å²) in [6, 6.07) is 39.9. The minimum atomic E-state index is 0.251. The number of nitriles is 5. The summed E-state index contributed by atoms with van der Waals surface area (Å²) in [5.41, 5.74) is 7.41. The van der Waals surface area contributed by atoms with Gasteiger partial charge in [-0.25, -0.2) is 0 Å². The van der Waals surface area contributed by atoms with Gasteiger partial charge in [0.05, 0.1) is 91.2 Å². The number of ether oxygens (including phenoxy) is 5. The first kappa shape index (κ1) is 60.5. The van der Waals surface area contributed by atoms with Crippen LogP contribution in [0.2, 0.25) is 0 Å². The van der Waals surface area contributed by atoms with Crippen molar-refractivity contribution in [3.63, 3.8) is 0 Å². The average Bonchev–Trinajstić information content (AvgIpc) is 3.48. The van der Waals surface area contributed by atoms with E-state index in [2.05, 4.69) is 99.6 Å². The minimum Gasteiger partial charge on any atom is -0.493 e. The Morgan fingerprint density at radius 2 is 0.438 bits per heavy atom. The first-order chi connectivity index (χ1) is 38.6. The molecule has 6 rings (SSSR count). The van der Waals surface area contributed by atoms with Gasteiger partial charge in [-0.2, -0.15) is 26.3 Å². The van der Waals surface area contributed by atoms with Crippen LogP contribution in [0.3, 0.4) is 0 Å². The van der Waals surface area contributed by atoms with Crippen molar-refractivity contribution in [1.29, 1.82) is 26.3 Å². The van der Waals surface area contributed by atoms with Crippen LogP contribution in [0.1, 0.15) is 157 Å². The molecule has 0 radical (unpaired) electrons. The highest BCUT2D eigenvalue weighted by Crippen LogP contribution is 2.35. The van der Waals surface area contributed by atoms with Gasteiger partial charge in [0.15, 0.2) is 0 Å². The SMILES string of the molecule is CC[C@H](C)COc1cc2cc(c1)C(C#N)=Cc1cc(OC[C@@H](C)CC)cc(c1)/C(C#N)=C/c1cc(OC[C@@H](C)CC)cc(c1)/C(C#N)=C/c1cc(OC[C@@H](C)CC)cc(c1)/C(C#N)=C/c1cc(OC[C@@H](C)CC)cc(c1)/C(C#N)=C/2. The van der Waals surface area contributed by atoms with Gasteiger partial charge in [-0.15, -0.1) is 0 Å². The molecule has 10 bridgehead atoms. The molecule has 0 aliphatic heterocycles. The van der Waals surface area contributed by atoms with E-state index in [9.17, 15) is 26.3 Å². The Bertz CT molecular complexity index is 2860. The van der Waals surface area contributed by atoms with E-state index in [0.29, 0.717) is 145 Å². The second-order valence-corrected chi connectivity index (χ2v) is 21.4. The largest absolute Gasteiger partial charge is 0.493 e. The predicted octanol–water partition coefficient (Wildman–Crippen LogP) is 17.4. The smallest absolute Gasteiger partial charge is 0.120 e. The number of nitrogens with zero attached hydrogens (tertiary/aromatic N) is 5. The van der Waals surface area contributed by atoms with Crippen molar-refractivity contribution in [1.82, 2.24) is 0 Å². The fraction of sp³-hybridized carbons (Fsp3) is 0.357. The molecule has 1 aliphatic carbocycles. The van der Waals surface area contributed by atoms with Crippen LogP contribution in [-0.2, 0) is 0 Å². The maximum absolute atomic E-state index is 11.0. The molecule has 5 aromatic carbocycles. The molecule has 5 aromatic rings. The van der Waals surface area contributed by atoms with E-state index in [1.807, 2.05) is 91.0 Å². The third-order valence-electron chi connectivity index (χ3n) is 14.5. The molecule has 0 N–H and O–H groups in total. The van der Waals surface area contributed by atoms with E-state index in [1.54, 1.807) is 30.4 Å². The monoisotopic (exact) mass is 1070 g/mol. The molecule has 1 aliphatic rings. The molecular weight excluding hydrogens is 991 g/mol. The zero-order valence-electron chi connectivity index (χ0n) is 48.3. The number of allylic oxidation sites excluding steroid dienone is 5. The minimum absolute atomic E-state index is 0.251. The standard InChI is InChI=1S/C70H75N5O5/c1-11-46(6)41-76-66-26-51-16-56(31-66)61(36-71)22-52-17-58(33-67(27-52)77-42-47(7)12-2)63(38-73)24-54-19-60(35-69(29-54)79-44-49(9)14-4)65(40-75)25-55-20-59(34-70(30-55)80-45-50(10)15-5)64(39-74)23-53-18-57(62(21-51)37-72)32-68(28-53)78-43-48(8)13-3/h16-35,46-50H,11-15,41-45H2,1-10H3/b61-22+,62-21+,63-24+,64-23+,65-25?/t46-,47-,48-,49-,50-/m0/s1. The number of fused-ring (bicyclic) bond motifs is 10. The lowest BCUT2D eigenvalue weighted by Crippen LogP contribution is -2.07. The summed E-state index contributed by atoms with van der Waals surface area (Å²) < 4.78 is 32.1. The summed E-state index contributed by atoms with van der Waals surface area (Å²) in [5.74, 6) is 3.88. The highest BCUT2D eigenvalue weighted by molar-refractivity contribution is 5.98. The Kier molecular flexibility index (Phi) is 22.6. The van der Waals surface area contributed by atoms with Crippen LogP contribution in [-0.4, -0.2) is 33.0 Å². The van der Waals surface area contributed by atoms with Crippen LogP contribution in [0, 0.1) is 86.2 Å². The fourth-order valence-electron chi connectivity index (χ4n) is 8.24. The number of hydrogen-bond acceptors (Lipinski definition) is 10. The van der Waals surface area contributed by atoms with Crippen molar-refractivity contribution in [2.24, 2.45) is 29.6 Å². The van der Waals surface area contributed by atoms with E-state index >= 15 is 0 Å². The number of rotatable bonds is 20. The molecule has 0 spiro atoms. The molecular formula is C70H75N5O5. The van der Waals surface area contributed by atoms with E-state index in [4.69, 9.17) is 23.7 Å². The van der Waals surface area contributed by atoms with Crippen molar-refractivity contribution in [2.75, 3.05) is 33.0 Å². The van der Waals surface area contributed by atoms with Crippen LogP contribution in [0.15, 0.2) is 91.0 Å². The van der Waals surface area contributed by atoms with Crippen molar-refractivity contribution in [2.45, 2.75) is 101 Å². The lowest BCUT2D eigenvalue weighted by Gasteiger charge is -2.15. The lowest BCUT2D eigenvalue weighted by atomic mass is 9.96. The van der Waals surface area contributed by atoms with Crippen LogP contribution in [0.5, 0.6) is 28.7 Å². The Hall–Kier alpha value is -8.75. The Morgan fingerprint density at radius 1 is 0.275 bits per heavy atom. The van der Waals surface area contributed by atoms with Crippen LogP contribution < -0.4 is 23.7 Å². The summed E-state index contributed by atoms with van der Waals surface area (Å²) in [6.07, 6.45) is 13.4. The van der Waals surface area contributed by atoms with Gasteiger partial charge < -0.3 is 23.7 Å². The Labute approximate surface area is 475 Å². The van der Waals surface area contributed by atoms with Crippen LogP contribution in [0.4, 0.5) is 0 Å². The molecule has 0 amide bonds. The van der Waals surface area contributed by atoms with Crippen LogP contribution >= 0.6 is 0 Å². The van der Waals surface area contributed by atoms with Crippen molar-refractivity contribution < 1.29 is 23.7 Å². The average molecular weight is 1070 g/mol. The maximum Gasteiger partial charge on any atom is 0.120 e. The quantitative estimate of drug-likeness (QED) is 0.0732. The normalized spacial score (nSPS) is 16.8. The Balaban J connectivity index is 1.73. The molecule has 0 fully saturated rings. The summed E-state index contributed by atoms with van der Waals surface area (Å²) in [7, 11) is 0. The third-order valence-corrected chi connectivity index (χ3v) is 14.5. The molecule has 0 saturated carbocycles. The second kappa shape index (κ2) is 29.8. The third kappa shape index (κ3) is 17.4. The highest BCUT2D eigenvalue weighted by atomic mass is 16.5. The Morgan fingerprint density at radius 3 is 0.575 bits per heavy atom. The van der Waals surface area contributed by atoms with Crippen molar-refractivity contribution in [3.8, 4) is 59.1 Å². The van der Waals surface area contributed by atoms with Gasteiger partial charge >= 0.3 is 0 Å². The summed E-state index contributed by atoms with van der Waals surface area (Å²) in [5, 5.41) is 55.0. The van der Waals surface area contributed by atoms with Gasteiger partial charge in [0, 0.05) is 0 Å². The maximum atomic E-state index is 11.0. The zero-order chi connectivity index (χ0) is 57.7. The summed E-state index contributed by atoms with van der Waals surface area (Å²) in [4.78, 5) is 0. The topological polar surface area (TPSA) is 165 Å². The van der Waals surface area contributed by atoms with Gasteiger partial charge in [-0.3, -0.25) is 0 Å². The zero-order valence-corrected chi connectivity index (χ0v) is 48.3. The molecule has 0 aromatic heterocycles. The molecule has 410 valence electrons. The first-order valence-corrected chi connectivity index (χ1v) is 28.1. The van der Waals surface area contributed by atoms with E-state index in [1.165, 1.54) is 0 Å². The number of benzene rings is 5. The molecule has 10 nitrogen and oxygen atoms in total. The van der Waals surface area contributed by atoms with Crippen molar-refractivity contribution >= 4 is 58.2 Å². The van der Waals surface area contributed by atoms with E-state index < -0.39 is 0 Å². The van der Waals surface area contributed by atoms with Gasteiger partial charge in [0.25, 0.3) is 0 Å². The van der Waals surface area contributed by atoms with E-state index in [-0.39, 0.29) is 29.6 Å². The molecule has 10 heteroatoms. The summed E-state index contributed by atoms with van der Waals surface area (Å²) >= 11 is 0. The molecule has 0 saturated heterocycles.